The monoisotopic (exact) mass is 508 g/mol. The SMILES string of the molecule is CCN1CCC(n2nnnc2Sc2nc3cc(Cl)c(Cl)cc3nc2-c2c[nH]c(=O)s2)CC1. The van der Waals surface area contributed by atoms with E-state index >= 15 is 0 Å². The van der Waals surface area contributed by atoms with Crippen LogP contribution in [-0.2, 0) is 0 Å². The van der Waals surface area contributed by atoms with Gasteiger partial charge in [-0.15, -0.1) is 5.10 Å². The maximum absolute atomic E-state index is 11.8. The molecule has 13 heteroatoms. The van der Waals surface area contributed by atoms with Crippen LogP contribution in [-0.4, -0.2) is 59.7 Å². The summed E-state index contributed by atoms with van der Waals surface area (Å²) in [6.45, 7) is 5.25. The van der Waals surface area contributed by atoms with Gasteiger partial charge in [0.15, 0.2) is 0 Å². The third-order valence-corrected chi connectivity index (χ3v) is 7.92. The molecule has 5 rings (SSSR count). The van der Waals surface area contributed by atoms with Gasteiger partial charge in [-0.2, -0.15) is 0 Å². The molecule has 4 heterocycles. The Hall–Kier alpha value is -2.05. The maximum Gasteiger partial charge on any atom is 0.305 e. The number of halogens is 2. The van der Waals surface area contributed by atoms with Gasteiger partial charge in [-0.3, -0.25) is 4.79 Å². The Balaban J connectivity index is 1.55. The molecule has 0 amide bonds. The molecule has 3 aromatic heterocycles. The first-order valence-corrected chi connectivity index (χ1v) is 12.4. The van der Waals surface area contributed by atoms with Crippen LogP contribution in [0.15, 0.2) is 33.3 Å². The van der Waals surface area contributed by atoms with E-state index in [1.165, 1.54) is 11.8 Å². The Labute approximate surface area is 201 Å². The van der Waals surface area contributed by atoms with E-state index in [2.05, 4.69) is 32.3 Å². The molecule has 1 fully saturated rings. The molecule has 9 nitrogen and oxygen atoms in total. The van der Waals surface area contributed by atoms with Crippen molar-refractivity contribution in [3.63, 3.8) is 0 Å². The number of tetrazole rings is 1. The van der Waals surface area contributed by atoms with Crippen molar-refractivity contribution in [1.82, 2.24) is 40.1 Å². The molecule has 1 saturated heterocycles. The summed E-state index contributed by atoms with van der Waals surface area (Å²) in [6, 6.07) is 3.58. The van der Waals surface area contributed by atoms with Crippen LogP contribution >= 0.6 is 46.3 Å². The van der Waals surface area contributed by atoms with Crippen molar-refractivity contribution in [2.75, 3.05) is 19.6 Å². The Morgan fingerprint density at radius 2 is 1.91 bits per heavy atom. The largest absolute Gasteiger partial charge is 0.319 e. The molecule has 0 radical (unpaired) electrons. The predicted octanol–water partition coefficient (Wildman–Crippen LogP) is 4.15. The third-order valence-electron chi connectivity index (χ3n) is 5.43. The minimum Gasteiger partial charge on any atom is -0.319 e. The molecule has 166 valence electrons. The highest BCUT2D eigenvalue weighted by molar-refractivity contribution is 7.99. The van der Waals surface area contributed by atoms with Crippen LogP contribution in [0.2, 0.25) is 10.0 Å². The van der Waals surface area contributed by atoms with Crippen molar-refractivity contribution in [2.45, 2.75) is 36.0 Å². The van der Waals surface area contributed by atoms with Gasteiger partial charge in [-0.25, -0.2) is 14.6 Å². The van der Waals surface area contributed by atoms with Crippen LogP contribution < -0.4 is 4.87 Å². The summed E-state index contributed by atoms with van der Waals surface area (Å²) in [5.74, 6) is 0. The van der Waals surface area contributed by atoms with Crippen molar-refractivity contribution >= 4 is 57.3 Å². The fraction of sp³-hybridized carbons (Fsp3) is 0.368. The van der Waals surface area contributed by atoms with Crippen molar-refractivity contribution in [3.05, 3.63) is 38.0 Å². The summed E-state index contributed by atoms with van der Waals surface area (Å²) in [6.07, 6.45) is 3.60. The minimum absolute atomic E-state index is 0.167. The number of fused-ring (bicyclic) bond motifs is 1. The average molecular weight is 509 g/mol. The quantitative estimate of drug-likeness (QED) is 0.428. The van der Waals surface area contributed by atoms with Crippen molar-refractivity contribution in [3.8, 4) is 10.6 Å². The van der Waals surface area contributed by atoms with Crippen LogP contribution in [0.5, 0.6) is 0 Å². The molecule has 4 aromatic rings. The van der Waals surface area contributed by atoms with E-state index in [1.54, 1.807) is 18.3 Å². The molecule has 1 aliphatic rings. The zero-order chi connectivity index (χ0) is 22.2. The van der Waals surface area contributed by atoms with Crippen LogP contribution in [0.25, 0.3) is 21.6 Å². The lowest BCUT2D eigenvalue weighted by atomic mass is 10.1. The molecule has 0 unspecified atom stereocenters. The Kier molecular flexibility index (Phi) is 6.17. The molecular weight excluding hydrogens is 491 g/mol. The molecular formula is C19H18Cl2N8OS2. The number of benzene rings is 1. The second-order valence-corrected chi connectivity index (χ2v) is 10.1. The van der Waals surface area contributed by atoms with E-state index in [9.17, 15) is 4.79 Å². The number of likely N-dealkylation sites (tertiary alicyclic amines) is 1. The number of aromatic amines is 1. The van der Waals surface area contributed by atoms with Crippen molar-refractivity contribution < 1.29 is 0 Å². The minimum atomic E-state index is -0.167. The van der Waals surface area contributed by atoms with Gasteiger partial charge in [0.05, 0.1) is 32.0 Å². The number of hydrogen-bond acceptors (Lipinski definition) is 9. The van der Waals surface area contributed by atoms with Gasteiger partial charge in [0, 0.05) is 19.3 Å². The highest BCUT2D eigenvalue weighted by Gasteiger charge is 2.25. The van der Waals surface area contributed by atoms with Crippen LogP contribution in [0.3, 0.4) is 0 Å². The smallest absolute Gasteiger partial charge is 0.305 e. The van der Waals surface area contributed by atoms with E-state index in [1.807, 2.05) is 4.68 Å². The van der Waals surface area contributed by atoms with E-state index in [4.69, 9.17) is 33.2 Å². The van der Waals surface area contributed by atoms with E-state index in [-0.39, 0.29) is 10.9 Å². The fourth-order valence-electron chi connectivity index (χ4n) is 3.72. The normalized spacial score (nSPS) is 15.6. The van der Waals surface area contributed by atoms with Gasteiger partial charge in [-0.05, 0) is 53.7 Å². The summed E-state index contributed by atoms with van der Waals surface area (Å²) in [5, 5.41) is 14.4. The summed E-state index contributed by atoms with van der Waals surface area (Å²) in [5.41, 5.74) is 1.76. The maximum atomic E-state index is 11.8. The number of nitrogens with one attached hydrogen (secondary N) is 1. The number of piperidine rings is 1. The molecule has 1 aliphatic heterocycles. The number of nitrogens with zero attached hydrogens (tertiary/aromatic N) is 7. The fourth-order valence-corrected chi connectivity index (χ4v) is 5.70. The summed E-state index contributed by atoms with van der Waals surface area (Å²) in [7, 11) is 0. The zero-order valence-electron chi connectivity index (χ0n) is 17.0. The number of H-pyrrole nitrogens is 1. The summed E-state index contributed by atoms with van der Waals surface area (Å²) < 4.78 is 1.88. The van der Waals surface area contributed by atoms with Crippen LogP contribution in [0.1, 0.15) is 25.8 Å². The van der Waals surface area contributed by atoms with Crippen molar-refractivity contribution in [2.24, 2.45) is 0 Å². The predicted molar refractivity (Wildman–Crippen MR) is 126 cm³/mol. The molecule has 0 bridgehead atoms. The first-order chi connectivity index (χ1) is 15.5. The molecule has 0 spiro atoms. The second-order valence-electron chi connectivity index (χ2n) is 7.35. The second kappa shape index (κ2) is 9.06. The van der Waals surface area contributed by atoms with E-state index < -0.39 is 0 Å². The topological polar surface area (TPSA) is 105 Å². The molecule has 1 N–H and O–H groups in total. The van der Waals surface area contributed by atoms with Crippen molar-refractivity contribution in [1.29, 1.82) is 0 Å². The number of hydrogen-bond donors (Lipinski definition) is 1. The summed E-state index contributed by atoms with van der Waals surface area (Å²) >= 11 is 14.8. The summed E-state index contributed by atoms with van der Waals surface area (Å²) in [4.78, 5) is 26.9. The zero-order valence-corrected chi connectivity index (χ0v) is 20.1. The molecule has 0 saturated carbocycles. The number of thiazole rings is 1. The highest BCUT2D eigenvalue weighted by Crippen LogP contribution is 2.37. The van der Waals surface area contributed by atoms with Gasteiger partial charge in [0.2, 0.25) is 5.16 Å². The lowest BCUT2D eigenvalue weighted by Crippen LogP contribution is -2.34. The molecule has 0 atom stereocenters. The lowest BCUT2D eigenvalue weighted by Gasteiger charge is -2.30. The van der Waals surface area contributed by atoms with Gasteiger partial charge in [-0.1, -0.05) is 41.5 Å². The third kappa shape index (κ3) is 4.27. The molecule has 0 aliphatic carbocycles. The van der Waals surface area contributed by atoms with Gasteiger partial charge in [0.25, 0.3) is 0 Å². The average Bonchev–Trinajstić information content (AvgIpc) is 3.43. The van der Waals surface area contributed by atoms with Crippen LogP contribution in [0, 0.1) is 0 Å². The van der Waals surface area contributed by atoms with E-state index in [0.717, 1.165) is 43.8 Å². The Morgan fingerprint density at radius 3 is 2.56 bits per heavy atom. The first-order valence-electron chi connectivity index (χ1n) is 10.1. The van der Waals surface area contributed by atoms with Crippen LogP contribution in [0.4, 0.5) is 0 Å². The molecule has 32 heavy (non-hydrogen) atoms. The molecule has 1 aromatic carbocycles. The standard InChI is InChI=1S/C19H18Cl2N8OS2/c1-2-28-5-3-10(4-6-28)29-18(25-26-27-29)32-17-16(15-9-22-19(30)31-15)23-13-7-11(20)12(21)8-14(13)24-17/h7-10H,2-6H2,1H3,(H,22,30). The first kappa shape index (κ1) is 21.8. The van der Waals surface area contributed by atoms with E-state index in [0.29, 0.717) is 41.8 Å². The van der Waals surface area contributed by atoms with Gasteiger partial charge >= 0.3 is 4.87 Å². The number of rotatable bonds is 5. The van der Waals surface area contributed by atoms with Gasteiger partial charge < -0.3 is 9.88 Å². The lowest BCUT2D eigenvalue weighted by molar-refractivity contribution is 0.180. The highest BCUT2D eigenvalue weighted by atomic mass is 35.5. The Bertz CT molecular complexity index is 1330. The number of aromatic nitrogens is 7. The Morgan fingerprint density at radius 1 is 1.19 bits per heavy atom. The van der Waals surface area contributed by atoms with Gasteiger partial charge in [0.1, 0.15) is 10.7 Å².